The van der Waals surface area contributed by atoms with Gasteiger partial charge in [0.25, 0.3) is 0 Å². The number of nitrogens with two attached hydrogens (primary N) is 2. The quantitative estimate of drug-likeness (QED) is 0.386. The van der Waals surface area contributed by atoms with E-state index in [1.54, 1.807) is 6.08 Å². The highest BCUT2D eigenvalue weighted by molar-refractivity contribution is 5.47. The number of allylic oxidation sites excluding steroid dienone is 3. The Morgan fingerprint density at radius 2 is 1.80 bits per heavy atom. The van der Waals surface area contributed by atoms with Crippen LogP contribution in [0.2, 0.25) is 0 Å². The molecule has 2 aliphatic rings. The van der Waals surface area contributed by atoms with Gasteiger partial charge >= 0.3 is 0 Å². The maximum atomic E-state index is 10.8. The van der Waals surface area contributed by atoms with Gasteiger partial charge in [0, 0.05) is 30.7 Å². The minimum Gasteiger partial charge on any atom is -0.495 e. The van der Waals surface area contributed by atoms with Crippen LogP contribution in [0.15, 0.2) is 23.7 Å². The Kier molecular flexibility index (Phi) is 4.89. The van der Waals surface area contributed by atoms with Crippen molar-refractivity contribution in [1.29, 1.82) is 0 Å². The summed E-state index contributed by atoms with van der Waals surface area (Å²) in [6.45, 7) is 3.74. The van der Waals surface area contributed by atoms with Crippen molar-refractivity contribution >= 4 is 6.41 Å². The first-order chi connectivity index (χ1) is 9.60. The van der Waals surface area contributed by atoms with Crippen LogP contribution < -0.4 is 11.5 Å². The van der Waals surface area contributed by atoms with Crippen molar-refractivity contribution < 1.29 is 9.90 Å². The van der Waals surface area contributed by atoms with Crippen LogP contribution in [0.5, 0.6) is 0 Å². The Labute approximate surface area is 119 Å². The fraction of sp³-hybridized carbons (Fsp3) is 0.643. The van der Waals surface area contributed by atoms with Gasteiger partial charge in [-0.05, 0) is 44.5 Å². The summed E-state index contributed by atoms with van der Waals surface area (Å²) < 4.78 is 0. The molecule has 0 aromatic heterocycles. The lowest BCUT2D eigenvalue weighted by Gasteiger charge is -2.36. The number of aliphatic hydroxyl groups is 1. The van der Waals surface area contributed by atoms with Crippen LogP contribution in [0.25, 0.3) is 0 Å². The van der Waals surface area contributed by atoms with Crippen molar-refractivity contribution in [2.45, 2.75) is 25.3 Å². The Balaban J connectivity index is 1.82. The summed E-state index contributed by atoms with van der Waals surface area (Å²) in [6, 6.07) is 0.499. The summed E-state index contributed by atoms with van der Waals surface area (Å²) in [5.74, 6) is 0.135. The molecule has 112 valence electrons. The van der Waals surface area contributed by atoms with Crippen LogP contribution in [0.4, 0.5) is 0 Å². The smallest absolute Gasteiger partial charge is 0.209 e. The van der Waals surface area contributed by atoms with E-state index in [1.165, 1.54) is 6.08 Å². The first kappa shape index (κ1) is 14.7. The van der Waals surface area contributed by atoms with Crippen molar-refractivity contribution in [2.75, 3.05) is 26.2 Å². The normalized spacial score (nSPS) is 27.0. The Morgan fingerprint density at radius 1 is 1.10 bits per heavy atom. The van der Waals surface area contributed by atoms with Crippen molar-refractivity contribution in [3.63, 3.8) is 0 Å². The van der Waals surface area contributed by atoms with Crippen LogP contribution in [0, 0.1) is 5.92 Å². The number of hydrogen-bond donors (Lipinski definition) is 3. The zero-order chi connectivity index (χ0) is 14.5. The lowest BCUT2D eigenvalue weighted by atomic mass is 9.92. The van der Waals surface area contributed by atoms with Gasteiger partial charge in [-0.15, -0.1) is 0 Å². The summed E-state index contributed by atoms with van der Waals surface area (Å²) in [5, 5.41) is 8.93. The monoisotopic (exact) mass is 280 g/mol. The molecule has 2 saturated heterocycles. The summed E-state index contributed by atoms with van der Waals surface area (Å²) in [7, 11) is 0. The molecule has 6 nitrogen and oxygen atoms in total. The number of carbonyl (C=O) groups excluding carboxylic acids is 1. The highest BCUT2D eigenvalue weighted by atomic mass is 16.3. The molecule has 20 heavy (non-hydrogen) atoms. The van der Waals surface area contributed by atoms with Crippen molar-refractivity contribution in [1.82, 2.24) is 9.80 Å². The minimum atomic E-state index is -0.217. The van der Waals surface area contributed by atoms with Gasteiger partial charge in [0.2, 0.25) is 6.41 Å². The number of piperidine rings is 1. The molecule has 2 rings (SSSR count). The average molecular weight is 280 g/mol. The molecule has 1 amide bonds. The molecule has 0 radical (unpaired) electrons. The average Bonchev–Trinajstić information content (AvgIpc) is 2.94. The van der Waals surface area contributed by atoms with E-state index < -0.39 is 0 Å². The molecule has 2 aliphatic heterocycles. The molecule has 1 unspecified atom stereocenters. The molecule has 0 bridgehead atoms. The molecule has 6 heteroatoms. The minimum absolute atomic E-state index is 0.217. The molecule has 0 spiro atoms. The number of amides is 1. The predicted molar refractivity (Wildman–Crippen MR) is 77.5 cm³/mol. The highest BCUT2D eigenvalue weighted by Gasteiger charge is 2.30. The van der Waals surface area contributed by atoms with E-state index in [-0.39, 0.29) is 5.88 Å². The molecule has 0 saturated carbocycles. The SMILES string of the molecule is N/C(=C\C=C(/N)O)C1CCN(C2CCN(C=O)C2)CC1. The van der Waals surface area contributed by atoms with E-state index in [0.717, 1.165) is 57.5 Å². The second-order valence-electron chi connectivity index (χ2n) is 5.61. The van der Waals surface area contributed by atoms with Crippen molar-refractivity contribution in [2.24, 2.45) is 17.4 Å². The summed E-state index contributed by atoms with van der Waals surface area (Å²) in [5.41, 5.74) is 12.0. The van der Waals surface area contributed by atoms with Crippen LogP contribution in [-0.4, -0.2) is 53.5 Å². The molecule has 2 heterocycles. The van der Waals surface area contributed by atoms with Gasteiger partial charge in [0.15, 0.2) is 5.88 Å². The lowest BCUT2D eigenvalue weighted by Crippen LogP contribution is -2.43. The number of aliphatic hydroxyl groups excluding tert-OH is 1. The molecule has 5 N–H and O–H groups in total. The van der Waals surface area contributed by atoms with Crippen LogP contribution in [-0.2, 0) is 4.79 Å². The number of carbonyl (C=O) groups is 1. The summed E-state index contributed by atoms with van der Waals surface area (Å²) >= 11 is 0. The molecule has 1 atom stereocenters. The molecule has 2 fully saturated rings. The van der Waals surface area contributed by atoms with E-state index in [9.17, 15) is 4.79 Å². The predicted octanol–water partition coefficient (Wildman–Crippen LogP) is 0.130. The molecular weight excluding hydrogens is 256 g/mol. The lowest BCUT2D eigenvalue weighted by molar-refractivity contribution is -0.117. The van der Waals surface area contributed by atoms with Crippen molar-refractivity contribution in [3.8, 4) is 0 Å². The fourth-order valence-corrected chi connectivity index (χ4v) is 3.08. The third kappa shape index (κ3) is 3.66. The second kappa shape index (κ2) is 6.65. The van der Waals surface area contributed by atoms with Gasteiger partial charge in [-0.2, -0.15) is 0 Å². The number of nitrogens with zero attached hydrogens (tertiary/aromatic N) is 2. The van der Waals surface area contributed by atoms with E-state index in [4.69, 9.17) is 16.6 Å². The standard InChI is InChI=1S/C14H24N4O2/c15-13(1-2-14(16)20)11-3-7-18(8-4-11)12-5-6-17(9-12)10-19/h1-2,10-12,20H,3-9,15-16H2/b13-1-,14-2+. The Bertz CT molecular complexity index is 396. The van der Waals surface area contributed by atoms with E-state index in [1.807, 2.05) is 4.90 Å². The second-order valence-corrected chi connectivity index (χ2v) is 5.61. The topological polar surface area (TPSA) is 95.8 Å². The van der Waals surface area contributed by atoms with Gasteiger partial charge in [-0.1, -0.05) is 0 Å². The van der Waals surface area contributed by atoms with Gasteiger partial charge in [0.1, 0.15) is 0 Å². The summed E-state index contributed by atoms with van der Waals surface area (Å²) in [4.78, 5) is 15.1. The Hall–Kier alpha value is -1.69. The Morgan fingerprint density at radius 3 is 2.35 bits per heavy atom. The van der Waals surface area contributed by atoms with Crippen LogP contribution in [0.1, 0.15) is 19.3 Å². The zero-order valence-corrected chi connectivity index (χ0v) is 11.7. The third-order valence-corrected chi connectivity index (χ3v) is 4.31. The van der Waals surface area contributed by atoms with Gasteiger partial charge < -0.3 is 21.5 Å². The summed E-state index contributed by atoms with van der Waals surface area (Å²) in [6.07, 6.45) is 7.16. The van der Waals surface area contributed by atoms with Gasteiger partial charge in [-0.3, -0.25) is 9.69 Å². The molecule has 0 aromatic carbocycles. The molecular formula is C14H24N4O2. The van der Waals surface area contributed by atoms with Gasteiger partial charge in [0.05, 0.1) is 0 Å². The number of likely N-dealkylation sites (tertiary alicyclic amines) is 2. The fourth-order valence-electron chi connectivity index (χ4n) is 3.08. The van der Waals surface area contributed by atoms with Gasteiger partial charge in [-0.25, -0.2) is 0 Å². The molecule has 0 aromatic rings. The first-order valence-electron chi connectivity index (χ1n) is 7.15. The maximum Gasteiger partial charge on any atom is 0.209 e. The maximum absolute atomic E-state index is 10.8. The molecule has 0 aliphatic carbocycles. The highest BCUT2D eigenvalue weighted by Crippen LogP contribution is 2.25. The number of hydrogen-bond acceptors (Lipinski definition) is 5. The zero-order valence-electron chi connectivity index (χ0n) is 11.7. The van der Waals surface area contributed by atoms with Crippen molar-refractivity contribution in [3.05, 3.63) is 23.7 Å². The van der Waals surface area contributed by atoms with E-state index in [0.29, 0.717) is 12.0 Å². The third-order valence-electron chi connectivity index (χ3n) is 4.31. The van der Waals surface area contributed by atoms with E-state index in [2.05, 4.69) is 4.90 Å². The number of rotatable bonds is 4. The largest absolute Gasteiger partial charge is 0.495 e. The van der Waals surface area contributed by atoms with Crippen LogP contribution in [0.3, 0.4) is 0 Å². The van der Waals surface area contributed by atoms with Crippen LogP contribution >= 0.6 is 0 Å². The first-order valence-corrected chi connectivity index (χ1v) is 7.15. The van der Waals surface area contributed by atoms with E-state index >= 15 is 0 Å².